The fourth-order valence-electron chi connectivity index (χ4n) is 6.63. The Morgan fingerprint density at radius 1 is 1.02 bits per heavy atom. The lowest BCUT2D eigenvalue weighted by Crippen LogP contribution is -2.40. The van der Waals surface area contributed by atoms with Crippen molar-refractivity contribution in [1.29, 1.82) is 0 Å². The SMILES string of the molecule is C[C@H]1Nc2snc3c2cc(N2CCOCC2)c(=O)n3CCCCCN2CCC(CC2)CCC(F)(F)c2cccc1c2F. The topological polar surface area (TPSA) is 62.6 Å². The van der Waals surface area contributed by atoms with E-state index in [0.29, 0.717) is 55.6 Å². The van der Waals surface area contributed by atoms with E-state index in [1.54, 1.807) is 17.6 Å². The molecular formula is C31H40F3N5O2S. The van der Waals surface area contributed by atoms with Gasteiger partial charge >= 0.3 is 0 Å². The molecule has 0 spiro atoms. The number of morpholine rings is 1. The van der Waals surface area contributed by atoms with Crippen molar-refractivity contribution in [3.63, 3.8) is 0 Å². The molecule has 4 aliphatic rings. The predicted octanol–water partition coefficient (Wildman–Crippen LogP) is 6.37. The molecule has 0 unspecified atom stereocenters. The summed E-state index contributed by atoms with van der Waals surface area (Å²) in [5, 5.41) is 4.81. The molecule has 228 valence electrons. The predicted molar refractivity (Wildman–Crippen MR) is 161 cm³/mol. The Bertz CT molecular complexity index is 1450. The Labute approximate surface area is 248 Å². The van der Waals surface area contributed by atoms with E-state index in [2.05, 4.69) is 19.5 Å². The van der Waals surface area contributed by atoms with Crippen LogP contribution >= 0.6 is 11.5 Å². The van der Waals surface area contributed by atoms with Crippen molar-refractivity contribution < 1.29 is 17.9 Å². The van der Waals surface area contributed by atoms with Crippen molar-refractivity contribution in [2.24, 2.45) is 5.92 Å². The first kappa shape index (κ1) is 29.4. The first-order valence-electron chi connectivity index (χ1n) is 15.3. The van der Waals surface area contributed by atoms with Crippen molar-refractivity contribution in [2.45, 2.75) is 70.4 Å². The lowest BCUT2D eigenvalue weighted by molar-refractivity contribution is -0.0249. The van der Waals surface area contributed by atoms with Crippen molar-refractivity contribution in [3.05, 3.63) is 51.6 Å². The van der Waals surface area contributed by atoms with E-state index in [1.165, 1.54) is 23.7 Å². The number of benzene rings is 1. The van der Waals surface area contributed by atoms with E-state index in [9.17, 15) is 4.79 Å². The maximum Gasteiger partial charge on any atom is 0.276 e. The van der Waals surface area contributed by atoms with Gasteiger partial charge in [0.25, 0.3) is 11.5 Å². The normalized spacial score (nSPS) is 25.7. The monoisotopic (exact) mass is 603 g/mol. The molecule has 7 nitrogen and oxygen atoms in total. The van der Waals surface area contributed by atoms with Crippen molar-refractivity contribution in [3.8, 4) is 0 Å². The maximum atomic E-state index is 15.8. The highest BCUT2D eigenvalue weighted by molar-refractivity contribution is 7.11. The third-order valence-corrected chi connectivity index (χ3v) is 10.0. The van der Waals surface area contributed by atoms with Gasteiger partial charge < -0.3 is 19.9 Å². The van der Waals surface area contributed by atoms with Gasteiger partial charge in [0, 0.05) is 31.6 Å². The van der Waals surface area contributed by atoms with Gasteiger partial charge in [-0.25, -0.2) is 13.2 Å². The average Bonchev–Trinajstić information content (AvgIpc) is 3.39. The minimum absolute atomic E-state index is 0.0595. The molecule has 42 heavy (non-hydrogen) atoms. The number of piperidine rings is 1. The lowest BCUT2D eigenvalue weighted by atomic mass is 9.88. The molecule has 2 fully saturated rings. The Hall–Kier alpha value is -2.63. The first-order chi connectivity index (χ1) is 20.3. The molecule has 8 bridgehead atoms. The van der Waals surface area contributed by atoms with Crippen LogP contribution in [-0.2, 0) is 17.2 Å². The second-order valence-electron chi connectivity index (χ2n) is 12.0. The molecule has 1 atom stereocenters. The number of alkyl halides is 2. The number of nitrogens with one attached hydrogen (secondary N) is 1. The number of ether oxygens (including phenoxy) is 1. The van der Waals surface area contributed by atoms with E-state index >= 15 is 13.2 Å². The highest BCUT2D eigenvalue weighted by Gasteiger charge is 2.37. The molecule has 2 saturated heterocycles. The number of anilines is 2. The number of aryl methyl sites for hydroxylation is 1. The molecular weight excluding hydrogens is 563 g/mol. The number of nitrogens with zero attached hydrogens (tertiary/aromatic N) is 4. The largest absolute Gasteiger partial charge is 0.378 e. The zero-order chi connectivity index (χ0) is 29.3. The van der Waals surface area contributed by atoms with Gasteiger partial charge in [0.15, 0.2) is 5.65 Å². The van der Waals surface area contributed by atoms with Crippen molar-refractivity contribution in [2.75, 3.05) is 56.2 Å². The van der Waals surface area contributed by atoms with Crippen LogP contribution in [0.2, 0.25) is 0 Å². The molecule has 11 heteroatoms. The van der Waals surface area contributed by atoms with Crippen LogP contribution < -0.4 is 15.8 Å². The highest BCUT2D eigenvalue weighted by Crippen LogP contribution is 2.40. The summed E-state index contributed by atoms with van der Waals surface area (Å²) in [5.41, 5.74) is 0.807. The summed E-state index contributed by atoms with van der Waals surface area (Å²) in [6.45, 7) is 7.49. The van der Waals surface area contributed by atoms with Crippen LogP contribution in [0.1, 0.15) is 69.0 Å². The summed E-state index contributed by atoms with van der Waals surface area (Å²) in [6, 6.07) is 5.59. The molecule has 0 amide bonds. The number of hydrogen-bond donors (Lipinski definition) is 1. The summed E-state index contributed by atoms with van der Waals surface area (Å²) < 4.78 is 58.6. The third-order valence-electron chi connectivity index (χ3n) is 9.23. The van der Waals surface area contributed by atoms with Gasteiger partial charge in [0.1, 0.15) is 16.5 Å². The Morgan fingerprint density at radius 2 is 1.79 bits per heavy atom. The van der Waals surface area contributed by atoms with Gasteiger partial charge in [-0.1, -0.05) is 24.6 Å². The minimum atomic E-state index is -3.24. The van der Waals surface area contributed by atoms with Crippen LogP contribution in [0.25, 0.3) is 11.0 Å². The molecule has 6 heterocycles. The van der Waals surface area contributed by atoms with Crippen LogP contribution in [0.3, 0.4) is 0 Å². The number of aromatic nitrogens is 2. The van der Waals surface area contributed by atoms with Gasteiger partial charge in [-0.3, -0.25) is 9.36 Å². The standard InChI is InChI=1S/C31H40F3N5O2S/c1-21-23-6-5-7-25(27(23)32)31(33,34)11-8-22-9-14-37(15-10-22)12-3-2-4-13-39-28-24(29(35-21)42-36-28)20-26(30(39)40)38-16-18-41-19-17-38/h5-7,20-22,35H,2-4,8-19H2,1H3/t21-/m1/s1. The summed E-state index contributed by atoms with van der Waals surface area (Å²) in [4.78, 5) is 18.2. The van der Waals surface area contributed by atoms with Gasteiger partial charge in [0.05, 0.1) is 30.2 Å². The number of pyridine rings is 1. The van der Waals surface area contributed by atoms with Crippen molar-refractivity contribution >= 4 is 33.3 Å². The molecule has 4 aliphatic heterocycles. The van der Waals surface area contributed by atoms with Crippen LogP contribution in [0.5, 0.6) is 0 Å². The molecule has 1 aromatic carbocycles. The van der Waals surface area contributed by atoms with Gasteiger partial charge in [0.2, 0.25) is 0 Å². The van der Waals surface area contributed by atoms with E-state index in [0.717, 1.165) is 57.1 Å². The van der Waals surface area contributed by atoms with E-state index in [4.69, 9.17) is 4.74 Å². The molecule has 0 saturated carbocycles. The number of halogens is 3. The lowest BCUT2D eigenvalue weighted by Gasteiger charge is -2.32. The number of rotatable bonds is 1. The van der Waals surface area contributed by atoms with E-state index in [1.807, 2.05) is 6.07 Å². The zero-order valence-corrected chi connectivity index (χ0v) is 25.0. The summed E-state index contributed by atoms with van der Waals surface area (Å²) in [7, 11) is 0. The minimum Gasteiger partial charge on any atom is -0.378 e. The van der Waals surface area contributed by atoms with E-state index in [-0.39, 0.29) is 23.5 Å². The average molecular weight is 604 g/mol. The van der Waals surface area contributed by atoms with Crippen LogP contribution in [-0.4, -0.2) is 59.8 Å². The fourth-order valence-corrected chi connectivity index (χ4v) is 7.48. The van der Waals surface area contributed by atoms with Gasteiger partial charge in [-0.05, 0) is 82.2 Å². The first-order valence-corrected chi connectivity index (χ1v) is 16.1. The van der Waals surface area contributed by atoms with Crippen LogP contribution in [0, 0.1) is 11.7 Å². The Balaban J connectivity index is 1.38. The van der Waals surface area contributed by atoms with Crippen molar-refractivity contribution in [1.82, 2.24) is 13.8 Å². The zero-order valence-electron chi connectivity index (χ0n) is 24.2. The highest BCUT2D eigenvalue weighted by atomic mass is 32.1. The quantitative estimate of drug-likeness (QED) is 0.349. The van der Waals surface area contributed by atoms with E-state index < -0.39 is 23.3 Å². The molecule has 2 aromatic heterocycles. The summed E-state index contributed by atoms with van der Waals surface area (Å²) in [5.74, 6) is -3.86. The number of hydrogen-bond acceptors (Lipinski definition) is 7. The summed E-state index contributed by atoms with van der Waals surface area (Å²) in [6.07, 6.45) is 4.72. The second kappa shape index (κ2) is 12.5. The smallest absolute Gasteiger partial charge is 0.276 e. The van der Waals surface area contributed by atoms with Gasteiger partial charge in [-0.2, -0.15) is 4.37 Å². The Kier molecular flexibility index (Phi) is 8.79. The number of fused-ring (bicyclic) bond motifs is 9. The second-order valence-corrected chi connectivity index (χ2v) is 12.8. The van der Waals surface area contributed by atoms with Crippen LogP contribution in [0.15, 0.2) is 29.1 Å². The molecule has 0 aliphatic carbocycles. The third kappa shape index (κ3) is 6.05. The fraction of sp³-hybridized carbons (Fsp3) is 0.613. The molecule has 7 rings (SSSR count). The summed E-state index contributed by atoms with van der Waals surface area (Å²) >= 11 is 1.21. The molecule has 1 N–H and O–H groups in total. The molecule has 0 radical (unpaired) electrons. The van der Waals surface area contributed by atoms with Crippen LogP contribution in [0.4, 0.5) is 23.9 Å². The van der Waals surface area contributed by atoms with Gasteiger partial charge in [-0.15, -0.1) is 0 Å². The maximum absolute atomic E-state index is 15.8. The molecule has 3 aromatic rings. The Morgan fingerprint density at radius 3 is 2.57 bits per heavy atom.